The Morgan fingerprint density at radius 2 is 1.11 bits per heavy atom. The van der Waals surface area contributed by atoms with Crippen molar-refractivity contribution in [3.05, 3.63) is 18.2 Å². The van der Waals surface area contributed by atoms with Crippen molar-refractivity contribution in [3.8, 4) is 0 Å². The summed E-state index contributed by atoms with van der Waals surface area (Å²) >= 11 is 0. The highest BCUT2D eigenvalue weighted by Crippen LogP contribution is 2.11. The summed E-state index contributed by atoms with van der Waals surface area (Å²) in [5, 5.41) is 0. The van der Waals surface area contributed by atoms with Crippen molar-refractivity contribution >= 4 is 0 Å². The smallest absolute Gasteiger partial charge is 0.234 e. The van der Waals surface area contributed by atoms with Crippen molar-refractivity contribution in [3.63, 3.8) is 0 Å². The first-order valence-electron chi connectivity index (χ1n) is 12.9. The van der Waals surface area contributed by atoms with Crippen molar-refractivity contribution in [1.29, 1.82) is 0 Å². The predicted molar refractivity (Wildman–Crippen MR) is 124 cm³/mol. The second-order valence-electron chi connectivity index (χ2n) is 8.80. The summed E-state index contributed by atoms with van der Waals surface area (Å²) in [5.74, 6) is 1.58. The van der Waals surface area contributed by atoms with Gasteiger partial charge in [0.1, 0.15) is 12.4 Å². The highest BCUT2D eigenvalue weighted by Gasteiger charge is 2.16. The molecule has 0 atom stereocenters. The quantitative estimate of drug-likeness (QED) is 0.157. The van der Waals surface area contributed by atoms with Crippen LogP contribution < -0.4 is 4.57 Å². The summed E-state index contributed by atoms with van der Waals surface area (Å²) < 4.78 is 5.12. The van der Waals surface area contributed by atoms with Crippen LogP contribution in [0.1, 0.15) is 136 Å². The van der Waals surface area contributed by atoms with Gasteiger partial charge in [-0.05, 0) is 32.1 Å². The second-order valence-corrected chi connectivity index (χ2v) is 8.80. The van der Waals surface area contributed by atoms with Crippen molar-refractivity contribution < 1.29 is 4.57 Å². The number of hydrogen-bond donors (Lipinski definition) is 0. The minimum absolute atomic E-state index is 1.22. The van der Waals surface area contributed by atoms with Crippen molar-refractivity contribution in [2.45, 2.75) is 149 Å². The third-order valence-corrected chi connectivity index (χ3v) is 6.10. The number of aryl methyl sites for hydroxylation is 2. The molecule has 1 rings (SSSR count). The molecule has 2 heteroatoms. The predicted octanol–water partition coefficient (Wildman–Crippen LogP) is 8.01. The fourth-order valence-corrected chi connectivity index (χ4v) is 4.18. The van der Waals surface area contributed by atoms with Crippen LogP contribution in [-0.4, -0.2) is 4.57 Å². The molecule has 0 saturated heterocycles. The maximum absolute atomic E-state index is 2.56. The van der Waals surface area contributed by atoms with Gasteiger partial charge < -0.3 is 0 Å². The normalized spacial score (nSPS) is 11.4. The zero-order chi connectivity index (χ0) is 20.3. The van der Waals surface area contributed by atoms with Gasteiger partial charge >= 0.3 is 0 Å². The van der Waals surface area contributed by atoms with E-state index in [-0.39, 0.29) is 0 Å². The summed E-state index contributed by atoms with van der Waals surface area (Å²) in [6, 6.07) is 0. The molecule has 0 aliphatic heterocycles. The monoisotopic (exact) mass is 391 g/mol. The fraction of sp³-hybridized carbons (Fsp3) is 0.885. The van der Waals surface area contributed by atoms with Crippen LogP contribution in [0.15, 0.2) is 12.4 Å². The molecule has 164 valence electrons. The number of aromatic nitrogens is 2. The lowest BCUT2D eigenvalue weighted by atomic mass is 10.1. The van der Waals surface area contributed by atoms with Gasteiger partial charge in [0.25, 0.3) is 5.82 Å². The van der Waals surface area contributed by atoms with Crippen LogP contribution in [0.25, 0.3) is 0 Å². The maximum atomic E-state index is 2.56. The molecule has 0 aromatic carbocycles. The Bertz CT molecular complexity index is 449. The third-order valence-electron chi connectivity index (χ3n) is 6.10. The van der Waals surface area contributed by atoms with E-state index >= 15 is 0 Å². The third kappa shape index (κ3) is 11.9. The van der Waals surface area contributed by atoms with Gasteiger partial charge in [0, 0.05) is 6.42 Å². The minimum Gasteiger partial charge on any atom is -0.234 e. The van der Waals surface area contributed by atoms with Crippen molar-refractivity contribution in [1.82, 2.24) is 4.57 Å². The number of unbranched alkanes of at least 4 members (excludes halogenated alkanes) is 14. The van der Waals surface area contributed by atoms with E-state index in [4.69, 9.17) is 0 Å². The first-order chi connectivity index (χ1) is 13.8. The Balaban J connectivity index is 2.28. The average Bonchev–Trinajstić information content (AvgIpc) is 3.09. The van der Waals surface area contributed by atoms with E-state index in [0.29, 0.717) is 0 Å². The molecule has 0 unspecified atom stereocenters. The molecule has 0 amide bonds. The van der Waals surface area contributed by atoms with Gasteiger partial charge in [-0.1, -0.05) is 97.8 Å². The maximum Gasteiger partial charge on any atom is 0.256 e. The standard InChI is InChI=1S/C26H51N2/c1-4-7-10-12-14-15-16-18-20-23-28-25-24-27(26(28)21-9-6-3)22-19-17-13-11-8-5-2/h24-25H,4-23H2,1-3H3/q+1. The van der Waals surface area contributed by atoms with Gasteiger partial charge in [-0.15, -0.1) is 0 Å². The Hall–Kier alpha value is -0.790. The summed E-state index contributed by atoms with van der Waals surface area (Å²) in [6.45, 7) is 9.35. The summed E-state index contributed by atoms with van der Waals surface area (Å²) in [5.41, 5.74) is 0. The zero-order valence-electron chi connectivity index (χ0n) is 19.7. The molecule has 1 heterocycles. The largest absolute Gasteiger partial charge is 0.256 e. The van der Waals surface area contributed by atoms with Crippen LogP contribution in [-0.2, 0) is 19.5 Å². The molecule has 1 aromatic rings. The van der Waals surface area contributed by atoms with Crippen LogP contribution in [0.3, 0.4) is 0 Å². The van der Waals surface area contributed by atoms with Crippen molar-refractivity contribution in [2.24, 2.45) is 0 Å². The van der Waals surface area contributed by atoms with E-state index < -0.39 is 0 Å². The van der Waals surface area contributed by atoms with Crippen LogP contribution in [0.4, 0.5) is 0 Å². The Morgan fingerprint density at radius 3 is 1.68 bits per heavy atom. The van der Waals surface area contributed by atoms with Crippen LogP contribution in [0, 0.1) is 0 Å². The lowest BCUT2D eigenvalue weighted by Gasteiger charge is -2.06. The molecule has 0 fully saturated rings. The average molecular weight is 392 g/mol. The summed E-state index contributed by atoms with van der Waals surface area (Å²) in [4.78, 5) is 0. The van der Waals surface area contributed by atoms with Gasteiger partial charge in [-0.25, -0.2) is 9.13 Å². The van der Waals surface area contributed by atoms with E-state index in [1.165, 1.54) is 129 Å². The Kier molecular flexibility index (Phi) is 16.5. The molecule has 0 bridgehead atoms. The molecule has 28 heavy (non-hydrogen) atoms. The first kappa shape index (κ1) is 25.2. The molecule has 0 N–H and O–H groups in total. The molecule has 1 aromatic heterocycles. The number of nitrogens with zero attached hydrogens (tertiary/aromatic N) is 2. The molecule has 0 aliphatic rings. The van der Waals surface area contributed by atoms with E-state index in [1.807, 2.05) is 0 Å². The Morgan fingerprint density at radius 1 is 0.607 bits per heavy atom. The molecule has 2 nitrogen and oxygen atoms in total. The minimum atomic E-state index is 1.22. The van der Waals surface area contributed by atoms with Crippen LogP contribution in [0.2, 0.25) is 0 Å². The molecule has 0 spiro atoms. The lowest BCUT2D eigenvalue weighted by Crippen LogP contribution is -2.37. The molecule has 0 saturated carbocycles. The van der Waals surface area contributed by atoms with E-state index in [1.54, 1.807) is 5.82 Å². The van der Waals surface area contributed by atoms with Crippen LogP contribution >= 0.6 is 0 Å². The fourth-order valence-electron chi connectivity index (χ4n) is 4.18. The number of hydrogen-bond acceptors (Lipinski definition) is 0. The van der Waals surface area contributed by atoms with Gasteiger partial charge in [-0.3, -0.25) is 0 Å². The van der Waals surface area contributed by atoms with E-state index in [0.717, 1.165) is 0 Å². The van der Waals surface area contributed by atoms with Gasteiger partial charge in [0.15, 0.2) is 0 Å². The first-order valence-corrected chi connectivity index (χ1v) is 12.9. The number of imidazole rings is 1. The van der Waals surface area contributed by atoms with Gasteiger partial charge in [-0.2, -0.15) is 0 Å². The highest BCUT2D eigenvalue weighted by atomic mass is 15.1. The van der Waals surface area contributed by atoms with Crippen LogP contribution in [0.5, 0.6) is 0 Å². The molecule has 0 radical (unpaired) electrons. The zero-order valence-corrected chi connectivity index (χ0v) is 19.7. The highest BCUT2D eigenvalue weighted by molar-refractivity contribution is 4.84. The molecule has 0 aliphatic carbocycles. The second kappa shape index (κ2) is 18.3. The molecular formula is C26H51N2+. The van der Waals surface area contributed by atoms with E-state index in [9.17, 15) is 0 Å². The summed E-state index contributed by atoms with van der Waals surface area (Å²) in [7, 11) is 0. The summed E-state index contributed by atoms with van der Waals surface area (Å²) in [6.07, 6.45) is 29.6. The van der Waals surface area contributed by atoms with Gasteiger partial charge in [0.2, 0.25) is 0 Å². The lowest BCUT2D eigenvalue weighted by molar-refractivity contribution is -0.704. The SMILES string of the molecule is CCCCCCCCCCC[n+]1ccn(CCCCCCCC)c1CCCC. The topological polar surface area (TPSA) is 8.81 Å². The number of rotatable bonds is 20. The molecular weight excluding hydrogens is 340 g/mol. The van der Waals surface area contributed by atoms with Crippen molar-refractivity contribution in [2.75, 3.05) is 0 Å². The van der Waals surface area contributed by atoms with E-state index in [2.05, 4.69) is 42.3 Å². The Labute approximate surface area is 177 Å². The van der Waals surface area contributed by atoms with Gasteiger partial charge in [0.05, 0.1) is 13.1 Å².